The fourth-order valence-corrected chi connectivity index (χ4v) is 7.84. The number of aromatic nitrogens is 2. The number of aliphatic hydroxyl groups excluding tert-OH is 1. The van der Waals surface area contributed by atoms with Crippen LogP contribution in [-0.4, -0.2) is 57.9 Å². The maximum Gasteiger partial charge on any atom is 0.306 e. The van der Waals surface area contributed by atoms with E-state index in [0.717, 1.165) is 70.5 Å². The lowest BCUT2D eigenvalue weighted by Crippen LogP contribution is -2.35. The second-order valence-electron chi connectivity index (χ2n) is 16.6. The molecule has 6 nitrogen and oxygen atoms in total. The minimum atomic E-state index is -0.257. The van der Waals surface area contributed by atoms with Gasteiger partial charge in [-0.1, -0.05) is 188 Å². The van der Waals surface area contributed by atoms with E-state index < -0.39 is 0 Å². The first-order chi connectivity index (χ1) is 26.0. The summed E-state index contributed by atoms with van der Waals surface area (Å²) < 4.78 is 7.99. The van der Waals surface area contributed by atoms with Crippen LogP contribution >= 0.6 is 0 Å². The Bertz CT molecular complexity index is 905. The van der Waals surface area contributed by atoms with Crippen molar-refractivity contribution in [2.24, 2.45) is 5.92 Å². The number of rotatable bonds is 41. The largest absolute Gasteiger partial charge is 0.466 e. The number of carbonyl (C=O) groups excluding carboxylic acids is 1. The van der Waals surface area contributed by atoms with E-state index in [9.17, 15) is 9.90 Å². The van der Waals surface area contributed by atoms with Gasteiger partial charge in [0.1, 0.15) is 5.82 Å². The first-order valence-electron chi connectivity index (χ1n) is 23.5. The van der Waals surface area contributed by atoms with Gasteiger partial charge in [-0.3, -0.25) is 9.69 Å². The van der Waals surface area contributed by atoms with E-state index in [2.05, 4.69) is 48.3 Å². The molecule has 0 fully saturated rings. The molecule has 0 aromatic carbocycles. The summed E-state index contributed by atoms with van der Waals surface area (Å²) in [7, 11) is 0. The van der Waals surface area contributed by atoms with Gasteiger partial charge in [-0.2, -0.15) is 0 Å². The normalized spacial score (nSPS) is 12.9. The molecule has 0 radical (unpaired) electrons. The van der Waals surface area contributed by atoms with Crippen molar-refractivity contribution >= 4 is 5.97 Å². The van der Waals surface area contributed by atoms with Crippen molar-refractivity contribution in [3.05, 3.63) is 18.2 Å². The fourth-order valence-electron chi connectivity index (χ4n) is 7.84. The number of esters is 1. The molecule has 0 aliphatic rings. The second kappa shape index (κ2) is 37.5. The van der Waals surface area contributed by atoms with Crippen LogP contribution in [0.2, 0.25) is 0 Å². The Kier molecular flexibility index (Phi) is 35.1. The highest BCUT2D eigenvalue weighted by atomic mass is 16.5. The molecule has 0 saturated carbocycles. The van der Waals surface area contributed by atoms with Gasteiger partial charge in [0.2, 0.25) is 0 Å². The number of hydrogen-bond acceptors (Lipinski definition) is 5. The number of aryl methyl sites for hydroxylation is 1. The number of hydrogen-bond donors (Lipinski definition) is 1. The van der Waals surface area contributed by atoms with Crippen molar-refractivity contribution in [3.63, 3.8) is 0 Å². The van der Waals surface area contributed by atoms with Gasteiger partial charge in [0, 0.05) is 38.4 Å². The summed E-state index contributed by atoms with van der Waals surface area (Å²) in [5.41, 5.74) is 0. The molecule has 1 N–H and O–H groups in total. The molecule has 0 aliphatic heterocycles. The molecule has 1 rings (SSSR count). The number of unbranched alkanes of at least 4 members (excludes halogenated alkanes) is 24. The molecule has 0 saturated heterocycles. The van der Waals surface area contributed by atoms with Gasteiger partial charge in [0.25, 0.3) is 0 Å². The summed E-state index contributed by atoms with van der Waals surface area (Å²) in [6, 6.07) is 0. The number of carbonyl (C=O) groups is 1. The second-order valence-corrected chi connectivity index (χ2v) is 16.6. The highest BCUT2D eigenvalue weighted by molar-refractivity contribution is 5.69. The van der Waals surface area contributed by atoms with Crippen LogP contribution in [0.25, 0.3) is 0 Å². The zero-order chi connectivity index (χ0) is 38.5. The van der Waals surface area contributed by atoms with Crippen LogP contribution in [0.5, 0.6) is 0 Å². The maximum atomic E-state index is 12.9. The van der Waals surface area contributed by atoms with E-state index in [4.69, 9.17) is 4.74 Å². The van der Waals surface area contributed by atoms with Crippen molar-refractivity contribution in [1.29, 1.82) is 0 Å². The molecule has 1 aromatic rings. The Hall–Kier alpha value is -1.40. The molecule has 0 bridgehead atoms. The summed E-state index contributed by atoms with van der Waals surface area (Å²) >= 11 is 0. The summed E-state index contributed by atoms with van der Waals surface area (Å²) in [5.74, 6) is 1.57. The average molecular weight is 746 g/mol. The molecule has 53 heavy (non-hydrogen) atoms. The number of imidazole rings is 1. The molecule has 1 heterocycles. The van der Waals surface area contributed by atoms with Crippen molar-refractivity contribution in [2.75, 3.05) is 26.2 Å². The van der Waals surface area contributed by atoms with Gasteiger partial charge in [-0.15, -0.1) is 0 Å². The molecular weight excluding hydrogens is 655 g/mol. The third-order valence-electron chi connectivity index (χ3n) is 11.5. The van der Waals surface area contributed by atoms with Crippen LogP contribution in [0.4, 0.5) is 0 Å². The minimum Gasteiger partial charge on any atom is -0.466 e. The molecule has 2 atom stereocenters. The minimum absolute atomic E-state index is 0.0258. The lowest BCUT2D eigenvalue weighted by molar-refractivity contribution is -0.145. The summed E-state index contributed by atoms with van der Waals surface area (Å²) in [5, 5.41) is 10.9. The lowest BCUT2D eigenvalue weighted by atomic mass is 9.91. The van der Waals surface area contributed by atoms with Gasteiger partial charge in [0.05, 0.1) is 12.7 Å². The molecule has 0 aliphatic carbocycles. The van der Waals surface area contributed by atoms with Crippen LogP contribution in [0, 0.1) is 12.8 Å². The van der Waals surface area contributed by atoms with E-state index >= 15 is 0 Å². The predicted molar refractivity (Wildman–Crippen MR) is 229 cm³/mol. The Morgan fingerprint density at radius 1 is 0.642 bits per heavy atom. The Morgan fingerprint density at radius 2 is 1.09 bits per heavy atom. The third-order valence-corrected chi connectivity index (χ3v) is 11.5. The molecule has 0 spiro atoms. The average Bonchev–Trinajstić information content (AvgIpc) is 3.57. The molecule has 0 amide bonds. The Labute approximate surface area is 330 Å². The fraction of sp³-hybridized carbons (Fsp3) is 0.915. The van der Waals surface area contributed by atoms with E-state index in [1.165, 1.54) is 161 Å². The first kappa shape index (κ1) is 49.6. The van der Waals surface area contributed by atoms with E-state index in [1.54, 1.807) is 0 Å². The van der Waals surface area contributed by atoms with Gasteiger partial charge in [-0.05, 0) is 51.5 Å². The van der Waals surface area contributed by atoms with Crippen LogP contribution in [0.3, 0.4) is 0 Å². The zero-order valence-corrected chi connectivity index (χ0v) is 36.1. The molecule has 2 unspecified atom stereocenters. The number of ether oxygens (including phenoxy) is 1. The number of nitrogens with zero attached hydrogens (tertiary/aromatic N) is 3. The number of aliphatic hydroxyl groups is 1. The molecule has 6 heteroatoms. The molecule has 1 aromatic heterocycles. The zero-order valence-electron chi connectivity index (χ0n) is 36.1. The quantitative estimate of drug-likeness (QED) is 0.0534. The van der Waals surface area contributed by atoms with Crippen LogP contribution in [0.15, 0.2) is 12.4 Å². The van der Waals surface area contributed by atoms with Gasteiger partial charge in [-0.25, -0.2) is 4.98 Å². The summed E-state index contributed by atoms with van der Waals surface area (Å²) in [6.45, 7) is 13.1. The maximum absolute atomic E-state index is 12.9. The topological polar surface area (TPSA) is 67.6 Å². The summed E-state index contributed by atoms with van der Waals surface area (Å²) in [4.78, 5) is 19.7. The Balaban J connectivity index is 2.33. The van der Waals surface area contributed by atoms with Crippen LogP contribution in [0.1, 0.15) is 232 Å². The van der Waals surface area contributed by atoms with E-state index in [1.807, 2.05) is 6.20 Å². The molecular formula is C47H91N3O3. The third kappa shape index (κ3) is 31.5. The Morgan fingerprint density at radius 3 is 1.58 bits per heavy atom. The van der Waals surface area contributed by atoms with Gasteiger partial charge >= 0.3 is 5.97 Å². The van der Waals surface area contributed by atoms with Gasteiger partial charge in [0.15, 0.2) is 0 Å². The van der Waals surface area contributed by atoms with Crippen molar-refractivity contribution in [3.8, 4) is 0 Å². The van der Waals surface area contributed by atoms with Gasteiger partial charge < -0.3 is 14.4 Å². The molecule has 312 valence electrons. The SMILES string of the molecule is CCCCCCCCCCCCC(O)CN(CCCCCCOC(=O)CC(CCCCCCCC)CCCCCCCCCC)CCn1ccnc1C. The monoisotopic (exact) mass is 746 g/mol. The lowest BCUT2D eigenvalue weighted by Gasteiger charge is -2.25. The standard InChI is InChI=1S/C47H91N3O3/c1-5-8-11-14-17-19-20-22-25-30-35-46(51)43-49(39-40-50-38-36-48-44(50)4)37-31-26-27-32-41-53-47(52)42-45(33-28-23-16-13-10-7-3)34-29-24-21-18-15-12-9-6-2/h36,38,45-46,51H,5-35,37,39-43H2,1-4H3. The predicted octanol–water partition coefficient (Wildman–Crippen LogP) is 13.6. The highest BCUT2D eigenvalue weighted by Gasteiger charge is 2.16. The smallest absolute Gasteiger partial charge is 0.306 e. The van der Waals surface area contributed by atoms with Crippen molar-refractivity contribution in [1.82, 2.24) is 14.5 Å². The van der Waals surface area contributed by atoms with Crippen molar-refractivity contribution in [2.45, 2.75) is 246 Å². The van der Waals surface area contributed by atoms with Crippen LogP contribution in [-0.2, 0) is 16.1 Å². The van der Waals surface area contributed by atoms with E-state index in [-0.39, 0.29) is 12.1 Å². The summed E-state index contributed by atoms with van der Waals surface area (Å²) in [6.07, 6.45) is 43.7. The van der Waals surface area contributed by atoms with Crippen molar-refractivity contribution < 1.29 is 14.6 Å². The highest BCUT2D eigenvalue weighted by Crippen LogP contribution is 2.23. The first-order valence-corrected chi connectivity index (χ1v) is 23.5. The van der Waals surface area contributed by atoms with Crippen LogP contribution < -0.4 is 0 Å². The van der Waals surface area contributed by atoms with E-state index in [0.29, 0.717) is 18.9 Å².